The topological polar surface area (TPSA) is 71.6 Å². The smallest absolute Gasteiger partial charge is 0.410 e. The molecule has 21 heavy (non-hydrogen) atoms. The quantitative estimate of drug-likeness (QED) is 0.864. The average molecular weight is 294 g/mol. The lowest BCUT2D eigenvalue weighted by Crippen LogP contribution is -2.36. The van der Waals surface area contributed by atoms with Gasteiger partial charge in [0.25, 0.3) is 0 Å². The van der Waals surface area contributed by atoms with Crippen LogP contribution in [0.3, 0.4) is 0 Å². The highest BCUT2D eigenvalue weighted by Gasteiger charge is 2.30. The second-order valence-corrected chi connectivity index (χ2v) is 6.16. The summed E-state index contributed by atoms with van der Waals surface area (Å²) >= 11 is 0. The van der Waals surface area contributed by atoms with Crippen LogP contribution in [-0.2, 0) is 9.47 Å². The number of hydrogen-bond acceptors (Lipinski definition) is 4. The van der Waals surface area contributed by atoms with E-state index < -0.39 is 5.60 Å². The fourth-order valence-electron chi connectivity index (χ4n) is 2.13. The van der Waals surface area contributed by atoms with E-state index in [-0.39, 0.29) is 24.6 Å². The van der Waals surface area contributed by atoms with Gasteiger partial charge in [-0.05, 0) is 39.3 Å². The molecule has 1 unspecified atom stereocenters. The molecule has 1 atom stereocenters. The van der Waals surface area contributed by atoms with Crippen molar-refractivity contribution in [1.29, 1.82) is 0 Å². The number of nitrogens with one attached hydrogen (secondary N) is 1. The monoisotopic (exact) mass is 294 g/mol. The summed E-state index contributed by atoms with van der Waals surface area (Å²) in [6.45, 7) is 6.59. The third kappa shape index (κ3) is 4.60. The maximum atomic E-state index is 11.9. The van der Waals surface area contributed by atoms with Gasteiger partial charge in [-0.25, -0.2) is 4.79 Å². The van der Waals surface area contributed by atoms with Gasteiger partial charge in [0.05, 0.1) is 18.3 Å². The third-order valence-corrected chi connectivity index (χ3v) is 3.15. The lowest BCUT2D eigenvalue weighted by Gasteiger charge is -2.24. The Kier molecular flexibility index (Phi) is 4.67. The first kappa shape index (κ1) is 15.6. The molecule has 1 aliphatic rings. The lowest BCUT2D eigenvalue weighted by atomic mass is 10.2. The molecule has 0 radical (unpaired) electrons. The SMILES string of the molecule is CC(C)(C)OC(=O)N1CCC(OCC(=O)c2ccc[nH]2)C1. The summed E-state index contributed by atoms with van der Waals surface area (Å²) in [5, 5.41) is 0. The van der Waals surface area contributed by atoms with Crippen molar-refractivity contribution < 1.29 is 19.1 Å². The van der Waals surface area contributed by atoms with Crippen LogP contribution in [0.2, 0.25) is 0 Å². The van der Waals surface area contributed by atoms with E-state index in [0.717, 1.165) is 6.42 Å². The van der Waals surface area contributed by atoms with Crippen LogP contribution in [-0.4, -0.2) is 53.2 Å². The molecule has 0 bridgehead atoms. The number of amides is 1. The van der Waals surface area contributed by atoms with Crippen molar-refractivity contribution in [2.45, 2.75) is 38.9 Å². The number of hydrogen-bond donors (Lipinski definition) is 1. The van der Waals surface area contributed by atoms with E-state index in [0.29, 0.717) is 18.8 Å². The van der Waals surface area contributed by atoms with Crippen LogP contribution < -0.4 is 0 Å². The lowest BCUT2D eigenvalue weighted by molar-refractivity contribution is 0.0217. The first-order valence-corrected chi connectivity index (χ1v) is 7.11. The number of carbonyl (C=O) groups is 2. The van der Waals surface area contributed by atoms with Gasteiger partial charge < -0.3 is 19.4 Å². The number of aromatic nitrogens is 1. The molecular weight excluding hydrogens is 272 g/mol. The number of Topliss-reactive ketones (excluding diaryl/α,β-unsaturated/α-hetero) is 1. The predicted molar refractivity (Wildman–Crippen MR) is 77.3 cm³/mol. The van der Waals surface area contributed by atoms with Gasteiger partial charge >= 0.3 is 6.09 Å². The second kappa shape index (κ2) is 6.30. The van der Waals surface area contributed by atoms with Crippen molar-refractivity contribution in [1.82, 2.24) is 9.88 Å². The summed E-state index contributed by atoms with van der Waals surface area (Å²) in [5.74, 6) is -0.0873. The Morgan fingerprint density at radius 1 is 1.43 bits per heavy atom. The van der Waals surface area contributed by atoms with Gasteiger partial charge in [-0.1, -0.05) is 0 Å². The maximum Gasteiger partial charge on any atom is 0.410 e. The molecule has 0 aliphatic carbocycles. The van der Waals surface area contributed by atoms with Crippen LogP contribution in [0.5, 0.6) is 0 Å². The zero-order chi connectivity index (χ0) is 15.5. The highest BCUT2D eigenvalue weighted by molar-refractivity contribution is 5.95. The van der Waals surface area contributed by atoms with Crippen LogP contribution in [0.4, 0.5) is 4.79 Å². The molecule has 1 aromatic heterocycles. The molecule has 2 heterocycles. The molecule has 0 spiro atoms. The van der Waals surface area contributed by atoms with Crippen LogP contribution >= 0.6 is 0 Å². The van der Waals surface area contributed by atoms with Gasteiger partial charge in [0, 0.05) is 12.7 Å². The van der Waals surface area contributed by atoms with Gasteiger partial charge in [0.1, 0.15) is 12.2 Å². The summed E-state index contributed by atoms with van der Waals surface area (Å²) in [7, 11) is 0. The Hall–Kier alpha value is -1.82. The highest BCUT2D eigenvalue weighted by atomic mass is 16.6. The molecule has 1 aliphatic heterocycles. The number of ketones is 1. The molecule has 1 N–H and O–H groups in total. The fraction of sp³-hybridized carbons (Fsp3) is 0.600. The summed E-state index contributed by atoms with van der Waals surface area (Å²) in [4.78, 5) is 28.2. The molecular formula is C15H22N2O4. The molecule has 1 amide bonds. The van der Waals surface area contributed by atoms with Gasteiger partial charge in [0.15, 0.2) is 0 Å². The van der Waals surface area contributed by atoms with Crippen molar-refractivity contribution in [2.75, 3.05) is 19.7 Å². The molecule has 1 fully saturated rings. The zero-order valence-corrected chi connectivity index (χ0v) is 12.7. The Morgan fingerprint density at radius 3 is 2.81 bits per heavy atom. The second-order valence-electron chi connectivity index (χ2n) is 6.16. The maximum absolute atomic E-state index is 11.9. The van der Waals surface area contributed by atoms with Gasteiger partial charge in [0.2, 0.25) is 5.78 Å². The van der Waals surface area contributed by atoms with Crippen LogP contribution in [0, 0.1) is 0 Å². The van der Waals surface area contributed by atoms with Crippen molar-refractivity contribution in [2.24, 2.45) is 0 Å². The predicted octanol–water partition coefficient (Wildman–Crippen LogP) is 2.22. The van der Waals surface area contributed by atoms with Crippen molar-refractivity contribution in [3.8, 4) is 0 Å². The molecule has 1 aromatic rings. The van der Waals surface area contributed by atoms with E-state index in [4.69, 9.17) is 9.47 Å². The third-order valence-electron chi connectivity index (χ3n) is 3.15. The van der Waals surface area contributed by atoms with E-state index in [1.807, 2.05) is 20.8 Å². The minimum Gasteiger partial charge on any atom is -0.444 e. The van der Waals surface area contributed by atoms with Crippen LogP contribution in [0.1, 0.15) is 37.7 Å². The zero-order valence-electron chi connectivity index (χ0n) is 12.7. The number of rotatable bonds is 4. The van der Waals surface area contributed by atoms with Crippen molar-refractivity contribution in [3.63, 3.8) is 0 Å². The van der Waals surface area contributed by atoms with E-state index in [2.05, 4.69) is 4.98 Å². The first-order chi connectivity index (χ1) is 9.85. The minimum absolute atomic E-state index is 0.0212. The van der Waals surface area contributed by atoms with Crippen molar-refractivity contribution in [3.05, 3.63) is 24.0 Å². The molecule has 2 rings (SSSR count). The van der Waals surface area contributed by atoms with E-state index >= 15 is 0 Å². The number of carbonyl (C=O) groups excluding carboxylic acids is 2. The van der Waals surface area contributed by atoms with Gasteiger partial charge in [-0.3, -0.25) is 4.79 Å². The van der Waals surface area contributed by atoms with Gasteiger partial charge in [-0.2, -0.15) is 0 Å². The molecule has 1 saturated heterocycles. The fourth-order valence-corrected chi connectivity index (χ4v) is 2.13. The molecule has 116 valence electrons. The standard InChI is InChI=1S/C15H22N2O4/c1-15(2,3)21-14(19)17-8-6-11(9-17)20-10-13(18)12-5-4-7-16-12/h4-5,7,11,16H,6,8-10H2,1-3H3. The molecule has 6 nitrogen and oxygen atoms in total. The number of aromatic amines is 1. The Balaban J connectivity index is 1.75. The molecule has 0 saturated carbocycles. The Labute approximate surface area is 124 Å². The highest BCUT2D eigenvalue weighted by Crippen LogP contribution is 2.17. The van der Waals surface area contributed by atoms with E-state index in [1.165, 1.54) is 0 Å². The van der Waals surface area contributed by atoms with Gasteiger partial charge in [-0.15, -0.1) is 0 Å². The summed E-state index contributed by atoms with van der Waals surface area (Å²) in [6, 6.07) is 3.49. The van der Waals surface area contributed by atoms with Crippen molar-refractivity contribution >= 4 is 11.9 Å². The largest absolute Gasteiger partial charge is 0.444 e. The number of nitrogens with zero attached hydrogens (tertiary/aromatic N) is 1. The molecule has 6 heteroatoms. The summed E-state index contributed by atoms with van der Waals surface area (Å²) in [6.07, 6.45) is 1.98. The average Bonchev–Trinajstić information content (AvgIpc) is 3.05. The summed E-state index contributed by atoms with van der Waals surface area (Å²) in [5.41, 5.74) is 0.0385. The summed E-state index contributed by atoms with van der Waals surface area (Å²) < 4.78 is 10.9. The number of ether oxygens (including phenoxy) is 2. The molecule has 0 aromatic carbocycles. The number of likely N-dealkylation sites (tertiary alicyclic amines) is 1. The van der Waals surface area contributed by atoms with Crippen LogP contribution in [0.15, 0.2) is 18.3 Å². The van der Waals surface area contributed by atoms with Crippen LogP contribution in [0.25, 0.3) is 0 Å². The minimum atomic E-state index is -0.500. The first-order valence-electron chi connectivity index (χ1n) is 7.11. The van der Waals surface area contributed by atoms with E-state index in [1.54, 1.807) is 23.2 Å². The number of H-pyrrole nitrogens is 1. The Bertz CT molecular complexity index is 490. The van der Waals surface area contributed by atoms with E-state index in [9.17, 15) is 9.59 Å². The Morgan fingerprint density at radius 2 is 2.19 bits per heavy atom. The normalized spacial score (nSPS) is 18.8.